The lowest BCUT2D eigenvalue weighted by Crippen LogP contribution is -1.99. The fourth-order valence-electron chi connectivity index (χ4n) is 1.90. The maximum atomic E-state index is 10.7. The monoisotopic (exact) mass is 333 g/mol. The van der Waals surface area contributed by atoms with Gasteiger partial charge in [-0.2, -0.15) is 5.10 Å². The van der Waals surface area contributed by atoms with Crippen molar-refractivity contribution in [2.24, 2.45) is 0 Å². The van der Waals surface area contributed by atoms with E-state index in [0.29, 0.717) is 6.54 Å². The Morgan fingerprint density at radius 1 is 1.27 bits per heavy atom. The van der Waals surface area contributed by atoms with Crippen molar-refractivity contribution in [2.75, 3.05) is 6.26 Å². The van der Waals surface area contributed by atoms with Crippen LogP contribution in [0, 0.1) is 10.1 Å². The average Bonchev–Trinajstić information content (AvgIpc) is 3.17. The van der Waals surface area contributed by atoms with Crippen LogP contribution in [0.3, 0.4) is 0 Å². The molecule has 3 aromatic rings. The molecule has 0 aliphatic heterocycles. The fourth-order valence-corrected chi connectivity index (χ4v) is 3.20. The molecule has 0 bridgehead atoms. The van der Waals surface area contributed by atoms with Crippen LogP contribution in [-0.4, -0.2) is 31.2 Å². The Balaban J connectivity index is 1.76. The number of rotatable bonds is 5. The molecule has 0 saturated heterocycles. The predicted octanol–water partition coefficient (Wildman–Crippen LogP) is 3.08. The molecule has 0 radical (unpaired) electrons. The second-order valence-corrected chi connectivity index (χ2v) is 6.51. The van der Waals surface area contributed by atoms with Gasteiger partial charge in [0.1, 0.15) is 5.01 Å². The first-order valence-electron chi connectivity index (χ1n) is 6.29. The van der Waals surface area contributed by atoms with Gasteiger partial charge in [-0.1, -0.05) is 23.1 Å². The van der Waals surface area contributed by atoms with Gasteiger partial charge in [-0.3, -0.25) is 14.8 Å². The first-order chi connectivity index (χ1) is 10.7. The van der Waals surface area contributed by atoms with Crippen LogP contribution in [0.2, 0.25) is 0 Å². The molecule has 2 heterocycles. The van der Waals surface area contributed by atoms with E-state index in [2.05, 4.69) is 15.3 Å². The van der Waals surface area contributed by atoms with Gasteiger partial charge < -0.3 is 0 Å². The number of nitrogens with zero attached hydrogens (tertiary/aromatic N) is 5. The lowest BCUT2D eigenvalue weighted by atomic mass is 10.1. The van der Waals surface area contributed by atoms with Gasteiger partial charge in [-0.15, -0.1) is 10.2 Å². The largest absolute Gasteiger partial charge is 0.269 e. The molecule has 0 unspecified atom stereocenters. The molecular weight excluding hydrogens is 322 g/mol. The highest BCUT2D eigenvalue weighted by molar-refractivity contribution is 8.00. The minimum absolute atomic E-state index is 0.0783. The SMILES string of the molecule is CSc1nnc(Cn2cc(-c3ccc([N+](=O)[O-])cc3)cn2)s1. The lowest BCUT2D eigenvalue weighted by molar-refractivity contribution is -0.384. The Bertz CT molecular complexity index is 797. The highest BCUT2D eigenvalue weighted by Crippen LogP contribution is 2.23. The lowest BCUT2D eigenvalue weighted by Gasteiger charge is -1.97. The molecule has 0 aliphatic rings. The third kappa shape index (κ3) is 3.15. The van der Waals surface area contributed by atoms with Gasteiger partial charge in [0.15, 0.2) is 4.34 Å². The number of aromatic nitrogens is 4. The van der Waals surface area contributed by atoms with E-state index in [9.17, 15) is 10.1 Å². The van der Waals surface area contributed by atoms with Crippen molar-refractivity contribution in [3.8, 4) is 11.1 Å². The summed E-state index contributed by atoms with van der Waals surface area (Å²) in [7, 11) is 0. The summed E-state index contributed by atoms with van der Waals surface area (Å²) in [4.78, 5) is 10.2. The van der Waals surface area contributed by atoms with Crippen LogP contribution in [0.1, 0.15) is 5.01 Å². The number of nitro benzene ring substituents is 1. The Hall–Kier alpha value is -2.26. The summed E-state index contributed by atoms with van der Waals surface area (Å²) in [5.41, 5.74) is 1.87. The normalized spacial score (nSPS) is 10.8. The van der Waals surface area contributed by atoms with Gasteiger partial charge in [0.05, 0.1) is 17.7 Å². The molecule has 1 aromatic carbocycles. The van der Waals surface area contributed by atoms with Crippen molar-refractivity contribution in [3.63, 3.8) is 0 Å². The van der Waals surface area contributed by atoms with Crippen molar-refractivity contribution in [2.45, 2.75) is 10.9 Å². The first kappa shape index (κ1) is 14.7. The van der Waals surface area contributed by atoms with E-state index < -0.39 is 4.92 Å². The standard InChI is InChI=1S/C13H11N5O2S2/c1-21-13-16-15-12(22-13)8-17-7-10(6-14-17)9-2-4-11(5-3-9)18(19)20/h2-7H,8H2,1H3. The van der Waals surface area contributed by atoms with Crippen LogP contribution in [0.5, 0.6) is 0 Å². The van der Waals surface area contributed by atoms with E-state index >= 15 is 0 Å². The highest BCUT2D eigenvalue weighted by atomic mass is 32.2. The Morgan fingerprint density at radius 2 is 2.05 bits per heavy atom. The second kappa shape index (κ2) is 6.24. The van der Waals surface area contributed by atoms with Gasteiger partial charge in [-0.25, -0.2) is 0 Å². The van der Waals surface area contributed by atoms with E-state index in [1.54, 1.807) is 46.1 Å². The summed E-state index contributed by atoms with van der Waals surface area (Å²) < 4.78 is 2.71. The molecule has 0 atom stereocenters. The summed E-state index contributed by atoms with van der Waals surface area (Å²) >= 11 is 3.11. The van der Waals surface area contributed by atoms with Crippen LogP contribution in [0.4, 0.5) is 5.69 Å². The molecular formula is C13H11N5O2S2. The number of hydrogen-bond acceptors (Lipinski definition) is 7. The van der Waals surface area contributed by atoms with Crippen molar-refractivity contribution < 1.29 is 4.92 Å². The molecule has 0 amide bonds. The van der Waals surface area contributed by atoms with Crippen LogP contribution in [0.15, 0.2) is 41.0 Å². The van der Waals surface area contributed by atoms with E-state index in [1.165, 1.54) is 12.1 Å². The number of nitro groups is 1. The summed E-state index contributed by atoms with van der Waals surface area (Å²) in [5.74, 6) is 0. The molecule has 2 aromatic heterocycles. The molecule has 7 nitrogen and oxygen atoms in total. The van der Waals surface area contributed by atoms with Crippen molar-refractivity contribution in [1.29, 1.82) is 0 Å². The summed E-state index contributed by atoms with van der Waals surface area (Å²) in [5, 5.41) is 24.0. The number of thioether (sulfide) groups is 1. The van der Waals surface area contributed by atoms with Crippen LogP contribution < -0.4 is 0 Å². The third-order valence-corrected chi connectivity index (χ3v) is 4.85. The first-order valence-corrected chi connectivity index (χ1v) is 8.33. The van der Waals surface area contributed by atoms with Crippen molar-refractivity contribution in [1.82, 2.24) is 20.0 Å². The predicted molar refractivity (Wildman–Crippen MR) is 85.1 cm³/mol. The number of benzene rings is 1. The van der Waals surface area contributed by atoms with Gasteiger partial charge >= 0.3 is 0 Å². The molecule has 112 valence electrons. The summed E-state index contributed by atoms with van der Waals surface area (Å²) in [6.45, 7) is 0.561. The molecule has 9 heteroatoms. The second-order valence-electron chi connectivity index (χ2n) is 4.40. The fraction of sp³-hybridized carbons (Fsp3) is 0.154. The number of hydrogen-bond donors (Lipinski definition) is 0. The maximum absolute atomic E-state index is 10.7. The van der Waals surface area contributed by atoms with E-state index in [1.807, 2.05) is 12.5 Å². The van der Waals surface area contributed by atoms with Crippen LogP contribution >= 0.6 is 23.1 Å². The molecule has 0 fully saturated rings. The zero-order valence-corrected chi connectivity index (χ0v) is 13.2. The summed E-state index contributed by atoms with van der Waals surface area (Å²) in [6, 6.07) is 6.41. The number of non-ortho nitro benzene ring substituents is 1. The van der Waals surface area contributed by atoms with E-state index in [0.717, 1.165) is 20.5 Å². The quantitative estimate of drug-likeness (QED) is 0.405. The molecule has 3 rings (SSSR count). The van der Waals surface area contributed by atoms with Gasteiger partial charge in [-0.05, 0) is 24.0 Å². The highest BCUT2D eigenvalue weighted by Gasteiger charge is 2.08. The van der Waals surface area contributed by atoms with E-state index in [-0.39, 0.29) is 5.69 Å². The minimum Gasteiger partial charge on any atom is -0.265 e. The Morgan fingerprint density at radius 3 is 2.68 bits per heavy atom. The van der Waals surface area contributed by atoms with Crippen LogP contribution in [0.25, 0.3) is 11.1 Å². The Labute approximate surface area is 134 Å². The zero-order chi connectivity index (χ0) is 15.5. The molecule has 0 N–H and O–H groups in total. The van der Waals surface area contributed by atoms with Crippen molar-refractivity contribution in [3.05, 3.63) is 51.8 Å². The molecule has 22 heavy (non-hydrogen) atoms. The van der Waals surface area contributed by atoms with Gasteiger partial charge in [0.25, 0.3) is 5.69 Å². The summed E-state index contributed by atoms with van der Waals surface area (Å²) in [6.07, 6.45) is 5.59. The third-order valence-electron chi connectivity index (χ3n) is 2.96. The Kier molecular flexibility index (Phi) is 4.16. The maximum Gasteiger partial charge on any atom is 0.269 e. The molecule has 0 aliphatic carbocycles. The minimum atomic E-state index is -0.411. The van der Waals surface area contributed by atoms with Crippen LogP contribution in [-0.2, 0) is 6.54 Å². The smallest absolute Gasteiger partial charge is 0.265 e. The average molecular weight is 333 g/mol. The van der Waals surface area contributed by atoms with E-state index in [4.69, 9.17) is 0 Å². The van der Waals surface area contributed by atoms with Gasteiger partial charge in [0.2, 0.25) is 0 Å². The molecule has 0 saturated carbocycles. The topological polar surface area (TPSA) is 86.7 Å². The van der Waals surface area contributed by atoms with Gasteiger partial charge in [0, 0.05) is 23.9 Å². The molecule has 0 spiro atoms. The van der Waals surface area contributed by atoms with Crippen molar-refractivity contribution >= 4 is 28.8 Å². The zero-order valence-electron chi connectivity index (χ0n) is 11.5.